The van der Waals surface area contributed by atoms with E-state index in [0.29, 0.717) is 5.56 Å². The molecule has 0 spiro atoms. The van der Waals surface area contributed by atoms with Gasteiger partial charge in [0.1, 0.15) is 5.60 Å². The van der Waals surface area contributed by atoms with Crippen molar-refractivity contribution in [3.05, 3.63) is 29.8 Å². The lowest BCUT2D eigenvalue weighted by Gasteiger charge is -2.19. The first-order valence-electron chi connectivity index (χ1n) is 7.08. The highest BCUT2D eigenvalue weighted by molar-refractivity contribution is 7.89. The Bertz CT molecular complexity index is 619. The smallest absolute Gasteiger partial charge is 0.407 e. The molecule has 1 rings (SSSR count). The lowest BCUT2D eigenvalue weighted by Crippen LogP contribution is -2.32. The number of amides is 1. The van der Waals surface area contributed by atoms with Crippen molar-refractivity contribution in [2.45, 2.75) is 57.7 Å². The zero-order valence-corrected chi connectivity index (χ0v) is 14.5. The fourth-order valence-corrected chi connectivity index (χ4v) is 3.01. The maximum Gasteiger partial charge on any atom is 0.407 e. The fraction of sp³-hybridized carbons (Fsp3) is 0.533. The molecule has 0 aliphatic carbocycles. The van der Waals surface area contributed by atoms with Crippen LogP contribution >= 0.6 is 0 Å². The van der Waals surface area contributed by atoms with Crippen LogP contribution < -0.4 is 10.0 Å². The van der Waals surface area contributed by atoms with Gasteiger partial charge < -0.3 is 10.1 Å². The normalized spacial score (nSPS) is 12.3. The van der Waals surface area contributed by atoms with Crippen molar-refractivity contribution in [3.8, 4) is 0 Å². The van der Waals surface area contributed by atoms with Crippen LogP contribution in [0.15, 0.2) is 29.2 Å². The number of carbonyl (C=O) groups is 1. The minimum Gasteiger partial charge on any atom is -0.444 e. The Morgan fingerprint density at radius 2 is 1.91 bits per heavy atom. The van der Waals surface area contributed by atoms with Crippen LogP contribution in [0.25, 0.3) is 0 Å². The van der Waals surface area contributed by atoms with Gasteiger partial charge in [-0.3, -0.25) is 0 Å². The number of ether oxygens (including phenoxy) is 1. The minimum atomic E-state index is -3.54. The van der Waals surface area contributed by atoms with Gasteiger partial charge in [0.25, 0.3) is 0 Å². The molecule has 0 unspecified atom stereocenters. The maximum atomic E-state index is 12.1. The number of sulfonamides is 1. The summed E-state index contributed by atoms with van der Waals surface area (Å²) in [5.74, 6) is 0. The molecule has 6 nitrogen and oxygen atoms in total. The van der Waals surface area contributed by atoms with E-state index in [1.165, 1.54) is 12.1 Å². The average Bonchev–Trinajstić information content (AvgIpc) is 2.33. The van der Waals surface area contributed by atoms with Crippen LogP contribution in [0.2, 0.25) is 0 Å². The van der Waals surface area contributed by atoms with Gasteiger partial charge in [-0.15, -0.1) is 0 Å². The van der Waals surface area contributed by atoms with Gasteiger partial charge in [0.05, 0.1) is 4.90 Å². The van der Waals surface area contributed by atoms with Gasteiger partial charge in [0, 0.05) is 12.6 Å². The van der Waals surface area contributed by atoms with Crippen LogP contribution in [0, 0.1) is 0 Å². The molecule has 124 valence electrons. The predicted octanol–water partition coefficient (Wildman–Crippen LogP) is 2.40. The van der Waals surface area contributed by atoms with E-state index in [2.05, 4.69) is 10.0 Å². The summed E-state index contributed by atoms with van der Waals surface area (Å²) >= 11 is 0. The predicted molar refractivity (Wildman–Crippen MR) is 85.0 cm³/mol. The van der Waals surface area contributed by atoms with E-state index in [4.69, 9.17) is 4.74 Å². The monoisotopic (exact) mass is 328 g/mol. The average molecular weight is 328 g/mol. The van der Waals surface area contributed by atoms with Gasteiger partial charge in [-0.25, -0.2) is 17.9 Å². The molecule has 0 saturated carbocycles. The molecule has 0 aliphatic heterocycles. The summed E-state index contributed by atoms with van der Waals surface area (Å²) in [6.45, 7) is 9.03. The Kier molecular flexibility index (Phi) is 5.96. The Morgan fingerprint density at radius 3 is 2.45 bits per heavy atom. The lowest BCUT2D eigenvalue weighted by molar-refractivity contribution is 0.0523. The molecule has 0 heterocycles. The molecule has 1 aromatic carbocycles. The van der Waals surface area contributed by atoms with E-state index in [0.717, 1.165) is 0 Å². The van der Waals surface area contributed by atoms with Gasteiger partial charge in [-0.2, -0.15) is 0 Å². The largest absolute Gasteiger partial charge is 0.444 e. The molecule has 1 aromatic rings. The maximum absolute atomic E-state index is 12.1. The Morgan fingerprint density at radius 1 is 1.27 bits per heavy atom. The van der Waals surface area contributed by atoms with Crippen molar-refractivity contribution >= 4 is 16.1 Å². The van der Waals surface area contributed by atoms with E-state index in [1.54, 1.807) is 46.8 Å². The standard InChI is InChI=1S/C15H24N2O4S/c1-11(2)17-22(19,20)13-8-6-7-12(9-13)10-16-14(18)21-15(3,4)5/h6-9,11,17H,10H2,1-5H3,(H,16,18). The van der Waals surface area contributed by atoms with E-state index in [9.17, 15) is 13.2 Å². The Hall–Kier alpha value is -1.60. The van der Waals surface area contributed by atoms with Crippen LogP contribution in [-0.4, -0.2) is 26.2 Å². The van der Waals surface area contributed by atoms with Crippen molar-refractivity contribution < 1.29 is 17.9 Å². The second-order valence-electron chi connectivity index (χ2n) is 6.28. The van der Waals surface area contributed by atoms with Crippen LogP contribution in [0.5, 0.6) is 0 Å². The summed E-state index contributed by atoms with van der Waals surface area (Å²) in [4.78, 5) is 11.8. The molecule has 0 fully saturated rings. The number of hydrogen-bond donors (Lipinski definition) is 2. The number of alkyl carbamates (subject to hydrolysis) is 1. The summed E-state index contributed by atoms with van der Waals surface area (Å²) in [6, 6.07) is 6.24. The van der Waals surface area contributed by atoms with Crippen LogP contribution in [0.1, 0.15) is 40.2 Å². The number of nitrogens with one attached hydrogen (secondary N) is 2. The number of benzene rings is 1. The van der Waals surface area contributed by atoms with Crippen molar-refractivity contribution in [2.75, 3.05) is 0 Å². The van der Waals surface area contributed by atoms with Crippen LogP contribution in [0.4, 0.5) is 4.79 Å². The lowest BCUT2D eigenvalue weighted by atomic mass is 10.2. The molecule has 0 aliphatic rings. The van der Waals surface area contributed by atoms with Gasteiger partial charge >= 0.3 is 6.09 Å². The van der Waals surface area contributed by atoms with Gasteiger partial charge in [-0.05, 0) is 52.3 Å². The van der Waals surface area contributed by atoms with E-state index < -0.39 is 21.7 Å². The molecule has 2 N–H and O–H groups in total. The molecule has 0 saturated heterocycles. The van der Waals surface area contributed by atoms with Gasteiger partial charge in [0.2, 0.25) is 10.0 Å². The molecular weight excluding hydrogens is 304 g/mol. The van der Waals surface area contributed by atoms with Crippen LogP contribution in [-0.2, 0) is 21.3 Å². The molecule has 7 heteroatoms. The summed E-state index contributed by atoms with van der Waals surface area (Å²) in [6.07, 6.45) is -0.541. The number of rotatable bonds is 5. The van der Waals surface area contributed by atoms with Crippen molar-refractivity contribution in [3.63, 3.8) is 0 Å². The molecule has 22 heavy (non-hydrogen) atoms. The number of hydrogen-bond acceptors (Lipinski definition) is 4. The van der Waals surface area contributed by atoms with Crippen molar-refractivity contribution in [1.29, 1.82) is 0 Å². The Labute approximate surface area is 132 Å². The highest BCUT2D eigenvalue weighted by atomic mass is 32.2. The summed E-state index contributed by atoms with van der Waals surface area (Å²) in [5, 5.41) is 2.60. The van der Waals surface area contributed by atoms with E-state index >= 15 is 0 Å². The Balaban J connectivity index is 2.75. The van der Waals surface area contributed by atoms with Crippen molar-refractivity contribution in [2.24, 2.45) is 0 Å². The second kappa shape index (κ2) is 7.11. The fourth-order valence-electron chi connectivity index (χ4n) is 1.69. The third-order valence-electron chi connectivity index (χ3n) is 2.44. The molecule has 1 amide bonds. The molecular formula is C15H24N2O4S. The zero-order chi connectivity index (χ0) is 17.0. The SMILES string of the molecule is CC(C)NS(=O)(=O)c1cccc(CNC(=O)OC(C)(C)C)c1. The quantitative estimate of drug-likeness (QED) is 0.869. The minimum absolute atomic E-state index is 0.171. The third kappa shape index (κ3) is 6.44. The van der Waals surface area contributed by atoms with E-state index in [-0.39, 0.29) is 17.5 Å². The summed E-state index contributed by atoms with van der Waals surface area (Å²) in [5.41, 5.74) is 0.105. The molecule has 0 aromatic heterocycles. The first-order chi connectivity index (χ1) is 9.99. The van der Waals surface area contributed by atoms with Gasteiger partial charge in [-0.1, -0.05) is 12.1 Å². The molecule has 0 atom stereocenters. The zero-order valence-electron chi connectivity index (χ0n) is 13.6. The van der Waals surface area contributed by atoms with Crippen LogP contribution in [0.3, 0.4) is 0 Å². The van der Waals surface area contributed by atoms with Gasteiger partial charge in [0.15, 0.2) is 0 Å². The second-order valence-corrected chi connectivity index (χ2v) is 7.99. The summed E-state index contributed by atoms with van der Waals surface area (Å²) in [7, 11) is -3.54. The van der Waals surface area contributed by atoms with Crippen molar-refractivity contribution in [1.82, 2.24) is 10.0 Å². The third-order valence-corrected chi connectivity index (χ3v) is 4.09. The first-order valence-corrected chi connectivity index (χ1v) is 8.56. The topological polar surface area (TPSA) is 84.5 Å². The highest BCUT2D eigenvalue weighted by Crippen LogP contribution is 2.12. The highest BCUT2D eigenvalue weighted by Gasteiger charge is 2.17. The molecule has 0 bridgehead atoms. The molecule has 0 radical (unpaired) electrons. The first kappa shape index (κ1) is 18.4. The van der Waals surface area contributed by atoms with E-state index in [1.807, 2.05) is 0 Å². The summed E-state index contributed by atoms with van der Waals surface area (Å²) < 4.78 is 31.8. The number of carbonyl (C=O) groups excluding carboxylic acids is 1.